The number of thiophene rings is 1. The number of halogens is 1. The van der Waals surface area contributed by atoms with Crippen LogP contribution < -0.4 is 5.32 Å². The molecule has 0 spiro atoms. The van der Waals surface area contributed by atoms with E-state index in [0.29, 0.717) is 6.42 Å². The maximum atomic E-state index is 12.2. The number of thioether (sulfide) groups is 1. The number of aryl methyl sites for hydroxylation is 1. The summed E-state index contributed by atoms with van der Waals surface area (Å²) in [7, 11) is 0. The minimum Gasteiger partial charge on any atom is -0.349 e. The summed E-state index contributed by atoms with van der Waals surface area (Å²) in [5.74, 6) is 1.17. The number of carbonyl (C=O) groups excluding carboxylic acids is 1. The van der Waals surface area contributed by atoms with Crippen LogP contribution in [0.25, 0.3) is 0 Å². The molecule has 2 aromatic rings. The third kappa shape index (κ3) is 4.06. The number of rotatable bonds is 5. The molecule has 0 saturated carbocycles. The molecule has 0 radical (unpaired) electrons. The van der Waals surface area contributed by atoms with Crippen LogP contribution in [0.5, 0.6) is 0 Å². The summed E-state index contributed by atoms with van der Waals surface area (Å²) >= 11 is 9.69. The van der Waals surface area contributed by atoms with Crippen molar-refractivity contribution in [2.45, 2.75) is 36.6 Å². The fourth-order valence-corrected chi connectivity index (χ4v) is 4.70. The summed E-state index contributed by atoms with van der Waals surface area (Å²) in [5, 5.41) is 5.99. The van der Waals surface area contributed by atoms with Crippen molar-refractivity contribution < 1.29 is 4.79 Å². The van der Waals surface area contributed by atoms with Crippen LogP contribution in [-0.4, -0.2) is 11.7 Å². The van der Waals surface area contributed by atoms with Gasteiger partial charge < -0.3 is 5.32 Å². The molecular weight excluding hydrogens is 334 g/mol. The Labute approximate surface area is 144 Å². The van der Waals surface area contributed by atoms with E-state index in [0.717, 1.165) is 35.6 Å². The number of hydrogen-bond donors (Lipinski definition) is 1. The number of benzene rings is 1. The van der Waals surface area contributed by atoms with Gasteiger partial charge in [0.1, 0.15) is 0 Å². The summed E-state index contributed by atoms with van der Waals surface area (Å²) < 4.78 is 0. The second-order valence-corrected chi connectivity index (χ2v) is 7.98. The number of nitrogens with one attached hydrogen (secondary N) is 1. The van der Waals surface area contributed by atoms with Crippen LogP contribution in [0.15, 0.2) is 40.6 Å². The predicted octanol–water partition coefficient (Wildman–Crippen LogP) is 5.08. The SMILES string of the molecule is O=C(CCCc1cccs1)NC1CCSc2ccc(Cl)cc21. The Morgan fingerprint density at radius 3 is 3.09 bits per heavy atom. The number of amides is 1. The minimum atomic E-state index is 0.101. The first kappa shape index (κ1) is 15.9. The molecule has 2 heterocycles. The Morgan fingerprint density at radius 1 is 1.36 bits per heavy atom. The first-order valence-electron chi connectivity index (χ1n) is 7.46. The molecule has 1 atom stereocenters. The van der Waals surface area contributed by atoms with E-state index >= 15 is 0 Å². The molecule has 2 nitrogen and oxygen atoms in total. The average Bonchev–Trinajstić information content (AvgIpc) is 3.01. The van der Waals surface area contributed by atoms with E-state index in [1.807, 2.05) is 23.9 Å². The monoisotopic (exact) mass is 351 g/mol. The standard InChI is InChI=1S/C17H18ClNOS2/c18-12-6-7-16-14(11-12)15(8-10-22-16)19-17(20)5-1-3-13-4-2-9-21-13/h2,4,6-7,9,11,15H,1,3,5,8,10H2,(H,19,20). The summed E-state index contributed by atoms with van der Waals surface area (Å²) in [6, 6.07) is 10.2. The molecule has 1 aliphatic rings. The van der Waals surface area contributed by atoms with Crippen LogP contribution in [0.1, 0.15) is 35.7 Å². The van der Waals surface area contributed by atoms with E-state index in [1.165, 1.54) is 9.77 Å². The summed E-state index contributed by atoms with van der Waals surface area (Å²) in [6.45, 7) is 0. The number of fused-ring (bicyclic) bond motifs is 1. The van der Waals surface area contributed by atoms with Gasteiger partial charge in [0.15, 0.2) is 0 Å². The number of carbonyl (C=O) groups is 1. The molecule has 1 N–H and O–H groups in total. The van der Waals surface area contributed by atoms with Crippen molar-refractivity contribution in [1.82, 2.24) is 5.32 Å². The molecule has 5 heteroatoms. The number of hydrogen-bond acceptors (Lipinski definition) is 3. The van der Waals surface area contributed by atoms with Gasteiger partial charge in [-0.15, -0.1) is 23.1 Å². The average molecular weight is 352 g/mol. The van der Waals surface area contributed by atoms with E-state index in [-0.39, 0.29) is 11.9 Å². The fourth-order valence-electron chi connectivity index (χ4n) is 2.66. The molecule has 1 aromatic heterocycles. The topological polar surface area (TPSA) is 29.1 Å². The van der Waals surface area contributed by atoms with Crippen LogP contribution >= 0.6 is 34.7 Å². The van der Waals surface area contributed by atoms with E-state index in [1.54, 1.807) is 11.3 Å². The zero-order valence-corrected chi connectivity index (χ0v) is 14.6. The normalized spacial score (nSPS) is 17.0. The van der Waals surface area contributed by atoms with Gasteiger partial charge in [-0.05, 0) is 54.5 Å². The Morgan fingerprint density at radius 2 is 2.27 bits per heavy atom. The van der Waals surface area contributed by atoms with Crippen molar-refractivity contribution in [1.29, 1.82) is 0 Å². The summed E-state index contributed by atoms with van der Waals surface area (Å²) in [4.78, 5) is 14.8. The molecule has 116 valence electrons. The van der Waals surface area contributed by atoms with E-state index < -0.39 is 0 Å². The second kappa shape index (κ2) is 7.53. The highest BCUT2D eigenvalue weighted by molar-refractivity contribution is 7.99. The first-order valence-corrected chi connectivity index (χ1v) is 9.71. The minimum absolute atomic E-state index is 0.101. The zero-order chi connectivity index (χ0) is 15.4. The van der Waals surface area contributed by atoms with Crippen LogP contribution in [-0.2, 0) is 11.2 Å². The Hall–Kier alpha value is -0.970. The highest BCUT2D eigenvalue weighted by atomic mass is 35.5. The van der Waals surface area contributed by atoms with E-state index in [9.17, 15) is 4.79 Å². The largest absolute Gasteiger partial charge is 0.349 e. The molecule has 0 fully saturated rings. The molecular formula is C17H18ClNOS2. The van der Waals surface area contributed by atoms with Crippen LogP contribution in [0.3, 0.4) is 0 Å². The highest BCUT2D eigenvalue weighted by Crippen LogP contribution is 2.37. The van der Waals surface area contributed by atoms with Gasteiger partial charge in [0, 0.05) is 27.0 Å². The zero-order valence-electron chi connectivity index (χ0n) is 12.2. The van der Waals surface area contributed by atoms with Gasteiger partial charge in [-0.25, -0.2) is 0 Å². The molecule has 1 aromatic carbocycles. The quantitative estimate of drug-likeness (QED) is 0.814. The Bertz CT molecular complexity index is 642. The van der Waals surface area contributed by atoms with Crippen molar-refractivity contribution in [2.24, 2.45) is 0 Å². The van der Waals surface area contributed by atoms with Gasteiger partial charge in [-0.3, -0.25) is 4.79 Å². The lowest BCUT2D eigenvalue weighted by atomic mass is 10.0. The van der Waals surface area contributed by atoms with Gasteiger partial charge in [0.2, 0.25) is 5.91 Å². The lowest BCUT2D eigenvalue weighted by Gasteiger charge is -2.26. The van der Waals surface area contributed by atoms with Crippen molar-refractivity contribution >= 4 is 40.6 Å². The molecule has 22 heavy (non-hydrogen) atoms. The molecule has 3 rings (SSSR count). The molecule has 1 amide bonds. The molecule has 0 bridgehead atoms. The van der Waals surface area contributed by atoms with Crippen molar-refractivity contribution in [3.63, 3.8) is 0 Å². The fraction of sp³-hybridized carbons (Fsp3) is 0.353. The third-order valence-electron chi connectivity index (χ3n) is 3.75. The Kier molecular flexibility index (Phi) is 5.45. The van der Waals surface area contributed by atoms with Gasteiger partial charge in [-0.2, -0.15) is 0 Å². The lowest BCUT2D eigenvalue weighted by Crippen LogP contribution is -2.30. The third-order valence-corrected chi connectivity index (χ3v) is 6.05. The smallest absolute Gasteiger partial charge is 0.220 e. The maximum absolute atomic E-state index is 12.2. The molecule has 0 aliphatic carbocycles. The molecule has 1 unspecified atom stereocenters. The predicted molar refractivity (Wildman–Crippen MR) is 94.9 cm³/mol. The van der Waals surface area contributed by atoms with Gasteiger partial charge in [0.05, 0.1) is 6.04 Å². The summed E-state index contributed by atoms with van der Waals surface area (Å²) in [6.07, 6.45) is 3.43. The second-order valence-electron chi connectivity index (χ2n) is 5.37. The van der Waals surface area contributed by atoms with Crippen molar-refractivity contribution in [2.75, 3.05) is 5.75 Å². The van der Waals surface area contributed by atoms with Crippen LogP contribution in [0, 0.1) is 0 Å². The van der Waals surface area contributed by atoms with Gasteiger partial charge in [-0.1, -0.05) is 17.7 Å². The van der Waals surface area contributed by atoms with E-state index in [2.05, 4.69) is 28.9 Å². The van der Waals surface area contributed by atoms with Gasteiger partial charge in [0.25, 0.3) is 0 Å². The highest BCUT2D eigenvalue weighted by Gasteiger charge is 2.22. The first-order chi connectivity index (χ1) is 10.7. The van der Waals surface area contributed by atoms with Crippen LogP contribution in [0.4, 0.5) is 0 Å². The molecule has 1 aliphatic heterocycles. The van der Waals surface area contributed by atoms with Gasteiger partial charge >= 0.3 is 0 Å². The van der Waals surface area contributed by atoms with Crippen LogP contribution in [0.2, 0.25) is 5.02 Å². The van der Waals surface area contributed by atoms with E-state index in [4.69, 9.17) is 11.6 Å². The summed E-state index contributed by atoms with van der Waals surface area (Å²) in [5.41, 5.74) is 1.16. The molecule has 0 saturated heterocycles. The maximum Gasteiger partial charge on any atom is 0.220 e. The lowest BCUT2D eigenvalue weighted by molar-refractivity contribution is -0.122. The van der Waals surface area contributed by atoms with Crippen molar-refractivity contribution in [3.8, 4) is 0 Å². The Balaban J connectivity index is 1.55. The van der Waals surface area contributed by atoms with Crippen molar-refractivity contribution in [3.05, 3.63) is 51.2 Å².